The van der Waals surface area contributed by atoms with Crippen LogP contribution in [0.15, 0.2) is 29.2 Å². The van der Waals surface area contributed by atoms with Gasteiger partial charge in [0.15, 0.2) is 6.54 Å². The number of nitrogens with one attached hydrogen (secondary N) is 3. The number of carbonyl (C=O) groups is 2. The smallest absolute Gasteiger partial charge is 0.275 e. The van der Waals surface area contributed by atoms with E-state index < -0.39 is 15.8 Å². The third kappa shape index (κ3) is 5.48. The minimum absolute atomic E-state index is 0.0689. The summed E-state index contributed by atoms with van der Waals surface area (Å²) in [7, 11) is -3.74. The zero-order chi connectivity index (χ0) is 19.2. The first-order chi connectivity index (χ1) is 12.3. The van der Waals surface area contributed by atoms with Crippen molar-refractivity contribution in [3.63, 3.8) is 0 Å². The normalized spacial score (nSPS) is 16.2. The predicted octanol–water partition coefficient (Wildman–Crippen LogP) is -2.03. The van der Waals surface area contributed by atoms with Gasteiger partial charge in [0, 0.05) is 6.54 Å². The number of nitrogens with zero attached hydrogens (tertiary/aromatic N) is 1. The Morgan fingerprint density at radius 3 is 2.50 bits per heavy atom. The standard InChI is InChI=1S/C16H23FN4O4S/c1-2-18-15(22)11-19-16(23)12-20-6-8-21(9-7-20)26(24,25)14-5-3-4-13(17)10-14/h3-5,10H,2,6-9,11-12H2,1H3,(H,18,22)(H,19,23)/p+1. The monoisotopic (exact) mass is 387 g/mol. The van der Waals surface area contributed by atoms with E-state index in [1.807, 2.05) is 0 Å². The van der Waals surface area contributed by atoms with Gasteiger partial charge in [0.25, 0.3) is 5.91 Å². The van der Waals surface area contributed by atoms with Crippen LogP contribution < -0.4 is 15.5 Å². The molecule has 0 spiro atoms. The number of quaternary nitrogens is 1. The maximum atomic E-state index is 13.3. The van der Waals surface area contributed by atoms with E-state index in [9.17, 15) is 22.4 Å². The molecule has 0 atom stereocenters. The number of sulfonamides is 1. The summed E-state index contributed by atoms with van der Waals surface area (Å²) in [6, 6.07) is 4.93. The number of rotatable bonds is 7. The lowest BCUT2D eigenvalue weighted by Gasteiger charge is -2.31. The van der Waals surface area contributed by atoms with Crippen LogP contribution in [-0.4, -0.2) is 70.4 Å². The van der Waals surface area contributed by atoms with Crippen molar-refractivity contribution >= 4 is 21.8 Å². The Morgan fingerprint density at radius 2 is 1.88 bits per heavy atom. The second kappa shape index (κ2) is 9.06. The van der Waals surface area contributed by atoms with Crippen molar-refractivity contribution in [2.45, 2.75) is 11.8 Å². The van der Waals surface area contributed by atoms with Crippen LogP contribution in [-0.2, 0) is 19.6 Å². The molecule has 3 N–H and O–H groups in total. The number of halogens is 1. The fourth-order valence-electron chi connectivity index (χ4n) is 2.72. The van der Waals surface area contributed by atoms with E-state index >= 15 is 0 Å². The molecule has 8 nitrogen and oxygen atoms in total. The molecule has 1 heterocycles. The quantitative estimate of drug-likeness (QED) is 0.502. The van der Waals surface area contributed by atoms with E-state index in [4.69, 9.17) is 0 Å². The highest BCUT2D eigenvalue weighted by molar-refractivity contribution is 7.89. The van der Waals surface area contributed by atoms with Gasteiger partial charge in [0.05, 0.1) is 37.6 Å². The van der Waals surface area contributed by atoms with Crippen molar-refractivity contribution in [2.75, 3.05) is 45.8 Å². The van der Waals surface area contributed by atoms with Gasteiger partial charge in [-0.25, -0.2) is 12.8 Å². The van der Waals surface area contributed by atoms with Crippen molar-refractivity contribution in [3.8, 4) is 0 Å². The molecule has 144 valence electrons. The lowest BCUT2D eigenvalue weighted by molar-refractivity contribution is -0.895. The molecule has 0 radical (unpaired) electrons. The fraction of sp³-hybridized carbons (Fsp3) is 0.500. The molecule has 0 saturated carbocycles. The van der Waals surface area contributed by atoms with Gasteiger partial charge in [-0.2, -0.15) is 4.31 Å². The summed E-state index contributed by atoms with van der Waals surface area (Å²) in [5.74, 6) is -1.10. The van der Waals surface area contributed by atoms with Crippen LogP contribution in [0.3, 0.4) is 0 Å². The Balaban J connectivity index is 1.83. The topological polar surface area (TPSA) is 100 Å². The first-order valence-electron chi connectivity index (χ1n) is 8.45. The number of hydrogen-bond acceptors (Lipinski definition) is 4. The van der Waals surface area contributed by atoms with Gasteiger partial charge in [-0.1, -0.05) is 6.07 Å². The molecule has 1 saturated heterocycles. The molecule has 1 aliphatic heterocycles. The molecule has 0 unspecified atom stereocenters. The van der Waals surface area contributed by atoms with E-state index in [0.717, 1.165) is 11.0 Å². The van der Waals surface area contributed by atoms with Gasteiger partial charge in [0.1, 0.15) is 5.82 Å². The summed E-state index contributed by atoms with van der Waals surface area (Å²) < 4.78 is 39.7. The number of benzene rings is 1. The molecule has 0 aromatic heterocycles. The lowest BCUT2D eigenvalue weighted by Crippen LogP contribution is -3.15. The van der Waals surface area contributed by atoms with Gasteiger partial charge in [0.2, 0.25) is 15.9 Å². The summed E-state index contributed by atoms with van der Waals surface area (Å²) in [6.07, 6.45) is 0. The Bertz CT molecular complexity index is 748. The highest BCUT2D eigenvalue weighted by Gasteiger charge is 2.31. The first-order valence-corrected chi connectivity index (χ1v) is 9.89. The van der Waals surface area contributed by atoms with E-state index in [2.05, 4.69) is 10.6 Å². The van der Waals surface area contributed by atoms with Gasteiger partial charge < -0.3 is 15.5 Å². The van der Waals surface area contributed by atoms with Crippen LogP contribution in [0.1, 0.15) is 6.92 Å². The van der Waals surface area contributed by atoms with Gasteiger partial charge >= 0.3 is 0 Å². The summed E-state index contributed by atoms with van der Waals surface area (Å²) in [5.41, 5.74) is 0. The van der Waals surface area contributed by atoms with Gasteiger partial charge in [-0.3, -0.25) is 9.59 Å². The van der Waals surface area contributed by atoms with Crippen LogP contribution in [0.4, 0.5) is 4.39 Å². The molecular formula is C16H24FN4O4S+. The Kier molecular flexibility index (Phi) is 7.06. The maximum absolute atomic E-state index is 13.3. The Morgan fingerprint density at radius 1 is 1.19 bits per heavy atom. The molecule has 0 bridgehead atoms. The average Bonchev–Trinajstić information content (AvgIpc) is 2.61. The zero-order valence-corrected chi connectivity index (χ0v) is 15.4. The van der Waals surface area contributed by atoms with Crippen molar-refractivity contribution in [2.24, 2.45) is 0 Å². The van der Waals surface area contributed by atoms with Crippen molar-refractivity contribution in [1.29, 1.82) is 0 Å². The number of piperazine rings is 1. The third-order valence-corrected chi connectivity index (χ3v) is 5.99. The van der Waals surface area contributed by atoms with Crippen molar-refractivity contribution < 1.29 is 27.3 Å². The molecule has 1 aliphatic rings. The van der Waals surface area contributed by atoms with Gasteiger partial charge in [-0.15, -0.1) is 0 Å². The number of hydrogen-bond donors (Lipinski definition) is 3. The van der Waals surface area contributed by atoms with Crippen LogP contribution >= 0.6 is 0 Å². The number of likely N-dealkylation sites (N-methyl/N-ethyl adjacent to an activating group) is 1. The Hall–Kier alpha value is -2.04. The fourth-order valence-corrected chi connectivity index (χ4v) is 4.20. The highest BCUT2D eigenvalue weighted by Crippen LogP contribution is 2.16. The second-order valence-corrected chi connectivity index (χ2v) is 7.96. The summed E-state index contributed by atoms with van der Waals surface area (Å²) >= 11 is 0. The molecular weight excluding hydrogens is 363 g/mol. The third-order valence-electron chi connectivity index (χ3n) is 4.09. The van der Waals surface area contributed by atoms with Crippen LogP contribution in [0.2, 0.25) is 0 Å². The van der Waals surface area contributed by atoms with Crippen LogP contribution in [0.5, 0.6) is 0 Å². The highest BCUT2D eigenvalue weighted by atomic mass is 32.2. The maximum Gasteiger partial charge on any atom is 0.275 e. The van der Waals surface area contributed by atoms with E-state index in [-0.39, 0.29) is 42.9 Å². The van der Waals surface area contributed by atoms with E-state index in [0.29, 0.717) is 19.6 Å². The molecule has 1 fully saturated rings. The number of amides is 2. The molecule has 2 amide bonds. The summed E-state index contributed by atoms with van der Waals surface area (Å²) in [5, 5.41) is 5.13. The minimum Gasteiger partial charge on any atom is -0.355 e. The van der Waals surface area contributed by atoms with Crippen molar-refractivity contribution in [1.82, 2.24) is 14.9 Å². The first kappa shape index (κ1) is 20.3. The Labute approximate surface area is 152 Å². The molecule has 1 aromatic carbocycles. The second-order valence-electron chi connectivity index (χ2n) is 6.02. The number of carbonyl (C=O) groups excluding carboxylic acids is 2. The molecule has 26 heavy (non-hydrogen) atoms. The molecule has 2 rings (SSSR count). The van der Waals surface area contributed by atoms with Crippen molar-refractivity contribution in [3.05, 3.63) is 30.1 Å². The lowest BCUT2D eigenvalue weighted by atomic mass is 10.3. The SMILES string of the molecule is CCNC(=O)CNC(=O)C[NH+]1CCN(S(=O)(=O)c2cccc(F)c2)CC1. The summed E-state index contributed by atoms with van der Waals surface area (Å²) in [4.78, 5) is 24.1. The minimum atomic E-state index is -3.74. The van der Waals surface area contributed by atoms with Crippen LogP contribution in [0, 0.1) is 5.82 Å². The van der Waals surface area contributed by atoms with Crippen LogP contribution in [0.25, 0.3) is 0 Å². The predicted molar refractivity (Wildman–Crippen MR) is 92.4 cm³/mol. The molecule has 1 aromatic rings. The van der Waals surface area contributed by atoms with E-state index in [1.54, 1.807) is 6.92 Å². The summed E-state index contributed by atoms with van der Waals surface area (Å²) in [6.45, 7) is 3.82. The van der Waals surface area contributed by atoms with E-state index in [1.165, 1.54) is 22.5 Å². The van der Waals surface area contributed by atoms with Gasteiger partial charge in [-0.05, 0) is 25.1 Å². The molecule has 10 heteroatoms. The zero-order valence-electron chi connectivity index (χ0n) is 14.6. The average molecular weight is 387 g/mol. The largest absolute Gasteiger partial charge is 0.355 e. The molecule has 0 aliphatic carbocycles.